The van der Waals surface area contributed by atoms with Gasteiger partial charge in [-0.05, 0) is 48.7 Å². The SMILES string of the molecule is COc1cc(Nc2cc(CO[Si](C(C)C)(C(C)C)C(C)C)[nH]n2)nc(N(C)[C@H]2C[C@H]3CCC[C@@H](C2)N3C(=O)O)n1. The normalized spacial score (nSPS) is 21.3. The lowest BCUT2D eigenvalue weighted by Crippen LogP contribution is -2.58. The van der Waals surface area contributed by atoms with Crippen molar-refractivity contribution in [2.24, 2.45) is 0 Å². The molecule has 11 nitrogen and oxygen atoms in total. The van der Waals surface area contributed by atoms with Crippen molar-refractivity contribution < 1.29 is 19.1 Å². The van der Waals surface area contributed by atoms with Gasteiger partial charge in [-0.2, -0.15) is 15.1 Å². The number of carbonyl (C=O) groups is 1. The number of hydrogen-bond donors (Lipinski definition) is 3. The molecule has 2 saturated heterocycles. The molecule has 2 aromatic heterocycles. The third-order valence-corrected chi connectivity index (χ3v) is 15.1. The van der Waals surface area contributed by atoms with Crippen LogP contribution in [0.2, 0.25) is 16.6 Å². The zero-order valence-electron chi connectivity index (χ0n) is 25.3. The summed E-state index contributed by atoms with van der Waals surface area (Å²) >= 11 is 0. The maximum Gasteiger partial charge on any atom is 0.407 e. The number of nitrogens with one attached hydrogen (secondary N) is 2. The molecule has 0 radical (unpaired) electrons. The Morgan fingerprint density at radius 2 is 1.73 bits per heavy atom. The van der Waals surface area contributed by atoms with Gasteiger partial charge in [0.1, 0.15) is 5.82 Å². The van der Waals surface area contributed by atoms with E-state index in [1.807, 2.05) is 13.1 Å². The molecule has 0 aromatic carbocycles. The molecule has 12 heteroatoms. The van der Waals surface area contributed by atoms with E-state index in [2.05, 4.69) is 66.9 Å². The van der Waals surface area contributed by atoms with Gasteiger partial charge in [0.15, 0.2) is 5.82 Å². The lowest BCUT2D eigenvalue weighted by atomic mass is 9.81. The fourth-order valence-corrected chi connectivity index (χ4v) is 12.6. The number of piperidine rings is 2. The number of aromatic nitrogens is 4. The molecule has 1 amide bonds. The van der Waals surface area contributed by atoms with E-state index in [0.717, 1.165) is 37.8 Å². The second-order valence-corrected chi connectivity index (χ2v) is 17.7. The maximum absolute atomic E-state index is 11.8. The summed E-state index contributed by atoms with van der Waals surface area (Å²) in [6.45, 7) is 14.2. The van der Waals surface area contributed by atoms with Gasteiger partial charge in [0.25, 0.3) is 0 Å². The summed E-state index contributed by atoms with van der Waals surface area (Å²) in [4.78, 5) is 25.0. The van der Waals surface area contributed by atoms with Crippen LogP contribution in [0.25, 0.3) is 0 Å². The lowest BCUT2D eigenvalue weighted by molar-refractivity contribution is 0.0351. The molecule has 3 N–H and O–H groups in total. The Morgan fingerprint density at radius 3 is 2.27 bits per heavy atom. The molecule has 0 spiro atoms. The van der Waals surface area contributed by atoms with Crippen molar-refractivity contribution in [3.05, 3.63) is 17.8 Å². The van der Waals surface area contributed by atoms with Crippen molar-refractivity contribution in [2.75, 3.05) is 24.4 Å². The van der Waals surface area contributed by atoms with Gasteiger partial charge in [-0.3, -0.25) is 5.10 Å². The Bertz CT molecular complexity index is 1120. The molecule has 0 aliphatic carbocycles. The number of anilines is 3. The van der Waals surface area contributed by atoms with Gasteiger partial charge < -0.3 is 29.4 Å². The largest absolute Gasteiger partial charge is 0.481 e. The van der Waals surface area contributed by atoms with E-state index in [9.17, 15) is 9.90 Å². The number of methoxy groups -OCH3 is 1. The number of nitrogens with zero attached hydrogens (tertiary/aromatic N) is 5. The maximum atomic E-state index is 11.8. The monoisotopic (exact) mass is 573 g/mol. The predicted molar refractivity (Wildman–Crippen MR) is 159 cm³/mol. The highest BCUT2D eigenvalue weighted by Crippen LogP contribution is 2.43. The van der Waals surface area contributed by atoms with Crippen molar-refractivity contribution >= 4 is 32.0 Å². The smallest absolute Gasteiger partial charge is 0.407 e. The van der Waals surface area contributed by atoms with Crippen LogP contribution in [0, 0.1) is 0 Å². The molecule has 222 valence electrons. The Hall–Kier alpha value is -2.86. The quantitative estimate of drug-likeness (QED) is 0.271. The number of aromatic amines is 1. The van der Waals surface area contributed by atoms with Crippen molar-refractivity contribution in [2.45, 2.75) is 115 Å². The highest BCUT2D eigenvalue weighted by Gasteiger charge is 2.45. The fraction of sp³-hybridized carbons (Fsp3) is 0.714. The summed E-state index contributed by atoms with van der Waals surface area (Å²) in [6.07, 6.45) is 3.59. The molecule has 40 heavy (non-hydrogen) atoms. The van der Waals surface area contributed by atoms with E-state index < -0.39 is 14.4 Å². The first-order valence-corrected chi connectivity index (χ1v) is 16.7. The lowest BCUT2D eigenvalue weighted by Gasteiger charge is -2.49. The molecule has 2 aliphatic heterocycles. The Morgan fingerprint density at radius 1 is 1.10 bits per heavy atom. The van der Waals surface area contributed by atoms with E-state index in [4.69, 9.17) is 14.1 Å². The molecule has 0 unspecified atom stereocenters. The number of carboxylic acid groups (broad SMARTS) is 1. The fourth-order valence-electron chi connectivity index (χ4n) is 7.22. The minimum Gasteiger partial charge on any atom is -0.481 e. The summed E-state index contributed by atoms with van der Waals surface area (Å²) in [6, 6.07) is 3.93. The second kappa shape index (κ2) is 12.3. The number of rotatable bonds is 11. The zero-order valence-corrected chi connectivity index (χ0v) is 26.3. The molecule has 2 fully saturated rings. The number of fused-ring (bicyclic) bond motifs is 2. The number of hydrogen-bond acceptors (Lipinski definition) is 8. The van der Waals surface area contributed by atoms with Gasteiger partial charge in [0.2, 0.25) is 20.1 Å². The third-order valence-electron chi connectivity index (χ3n) is 9.01. The van der Waals surface area contributed by atoms with Crippen LogP contribution in [-0.4, -0.2) is 76.9 Å². The van der Waals surface area contributed by atoms with Crippen LogP contribution >= 0.6 is 0 Å². The van der Waals surface area contributed by atoms with Gasteiger partial charge in [0, 0.05) is 37.3 Å². The third kappa shape index (κ3) is 6.07. The Kier molecular flexibility index (Phi) is 9.28. The predicted octanol–water partition coefficient (Wildman–Crippen LogP) is 6.14. The summed E-state index contributed by atoms with van der Waals surface area (Å²) in [5.74, 6) is 2.20. The molecule has 2 aliphatic rings. The van der Waals surface area contributed by atoms with E-state index in [1.54, 1.807) is 18.1 Å². The summed E-state index contributed by atoms with van der Waals surface area (Å²) in [5, 5.41) is 20.6. The average Bonchev–Trinajstić information content (AvgIpc) is 3.33. The van der Waals surface area contributed by atoms with Gasteiger partial charge in [0.05, 0.1) is 19.4 Å². The number of amides is 1. The minimum atomic E-state index is -1.99. The minimum absolute atomic E-state index is 0.0363. The number of H-pyrrole nitrogens is 1. The van der Waals surface area contributed by atoms with E-state index in [1.165, 1.54) is 0 Å². The van der Waals surface area contributed by atoms with Crippen LogP contribution in [0.3, 0.4) is 0 Å². The van der Waals surface area contributed by atoms with Gasteiger partial charge in [-0.25, -0.2) is 4.79 Å². The van der Waals surface area contributed by atoms with Gasteiger partial charge in [-0.15, -0.1) is 0 Å². The molecule has 2 bridgehead atoms. The standard InChI is InChI=1S/C28H47N7O4Si/c1-17(2)40(18(3)4,19(5)6)39-16-20-12-25(33-32-20)29-24-15-26(38-8)31-27(30-24)34(7)23-13-21-10-9-11-22(14-23)35(21)28(36)37/h12,15,17-19,21-23H,9-11,13-14,16H2,1-8H3,(H,36,37)(H2,29,30,31,32,33)/t21-,22+,23+. The van der Waals surface area contributed by atoms with E-state index in [-0.39, 0.29) is 18.1 Å². The van der Waals surface area contributed by atoms with Crippen LogP contribution in [0.5, 0.6) is 5.88 Å². The van der Waals surface area contributed by atoms with Crippen molar-refractivity contribution in [1.82, 2.24) is 25.1 Å². The first-order chi connectivity index (χ1) is 19.0. The van der Waals surface area contributed by atoms with Crippen LogP contribution in [-0.2, 0) is 11.0 Å². The second-order valence-electron chi connectivity index (χ2n) is 12.3. The topological polar surface area (TPSA) is 129 Å². The summed E-state index contributed by atoms with van der Waals surface area (Å²) < 4.78 is 12.2. The van der Waals surface area contributed by atoms with Crippen LogP contribution in [0.1, 0.15) is 79.3 Å². The van der Waals surface area contributed by atoms with Crippen LogP contribution in [0.4, 0.5) is 22.4 Å². The molecule has 4 rings (SSSR count). The van der Waals surface area contributed by atoms with Crippen molar-refractivity contribution in [3.63, 3.8) is 0 Å². The Balaban J connectivity index is 1.47. The highest BCUT2D eigenvalue weighted by atomic mass is 28.4. The van der Waals surface area contributed by atoms with Crippen molar-refractivity contribution in [1.29, 1.82) is 0 Å². The zero-order chi connectivity index (χ0) is 29.2. The first kappa shape index (κ1) is 30.1. The van der Waals surface area contributed by atoms with Gasteiger partial charge >= 0.3 is 6.09 Å². The highest BCUT2D eigenvalue weighted by molar-refractivity contribution is 6.77. The van der Waals surface area contributed by atoms with E-state index >= 15 is 0 Å². The van der Waals surface area contributed by atoms with E-state index in [0.29, 0.717) is 46.7 Å². The molecular weight excluding hydrogens is 526 g/mol. The number of ether oxygens (including phenoxy) is 1. The van der Waals surface area contributed by atoms with Crippen LogP contribution in [0.15, 0.2) is 12.1 Å². The molecule has 3 atom stereocenters. The first-order valence-electron chi connectivity index (χ1n) is 14.6. The van der Waals surface area contributed by atoms with Crippen molar-refractivity contribution in [3.8, 4) is 5.88 Å². The molecule has 2 aromatic rings. The molecular formula is C28H47N7O4Si. The molecule has 0 saturated carbocycles. The molecule has 4 heterocycles. The van der Waals surface area contributed by atoms with Crippen LogP contribution < -0.4 is 15.0 Å². The average molecular weight is 574 g/mol. The van der Waals surface area contributed by atoms with Gasteiger partial charge in [-0.1, -0.05) is 41.5 Å². The summed E-state index contributed by atoms with van der Waals surface area (Å²) in [5.41, 5.74) is 2.44. The Labute approximate surface area is 239 Å². The summed E-state index contributed by atoms with van der Waals surface area (Å²) in [7, 11) is 1.58.